The van der Waals surface area contributed by atoms with Crippen LogP contribution in [-0.2, 0) is 14.8 Å². The third-order valence-corrected chi connectivity index (χ3v) is 10.9. The van der Waals surface area contributed by atoms with E-state index in [1.165, 1.54) is 15.8 Å². The molecular weight excluding hydrogens is 607 g/mol. The molecule has 0 fully saturated rings. The lowest BCUT2D eigenvalue weighted by atomic mass is 9.91. The largest absolute Gasteiger partial charge is 0.481 e. The van der Waals surface area contributed by atoms with Crippen LogP contribution in [0.4, 0.5) is 5.95 Å². The molecular formula is C34H35N5O4S2. The van der Waals surface area contributed by atoms with Gasteiger partial charge < -0.3 is 10.4 Å². The number of carboxylic acid groups (broad SMARTS) is 1. The first-order valence-electron chi connectivity index (χ1n) is 15.1. The highest BCUT2D eigenvalue weighted by molar-refractivity contribution is 7.89. The van der Waals surface area contributed by atoms with Crippen LogP contribution < -0.4 is 5.32 Å². The molecule has 9 nitrogen and oxygen atoms in total. The maximum absolute atomic E-state index is 14.2. The molecule has 2 heterocycles. The highest BCUT2D eigenvalue weighted by atomic mass is 32.2. The first-order valence-corrected chi connectivity index (χ1v) is 17.4. The molecule has 0 spiro atoms. The fraction of sp³-hybridized carbons (Fsp3) is 0.265. The minimum absolute atomic E-state index is 0.0953. The van der Waals surface area contributed by atoms with Gasteiger partial charge in [0.15, 0.2) is 0 Å². The Hall–Kier alpha value is -4.32. The summed E-state index contributed by atoms with van der Waals surface area (Å²) in [5.74, 6) is -1.03. The molecule has 2 aromatic heterocycles. The van der Waals surface area contributed by atoms with Gasteiger partial charge >= 0.3 is 5.97 Å². The summed E-state index contributed by atoms with van der Waals surface area (Å²) in [7, 11) is -3.90. The molecule has 6 aromatic rings. The molecule has 11 heteroatoms. The van der Waals surface area contributed by atoms with Crippen LogP contribution in [0.3, 0.4) is 0 Å². The minimum Gasteiger partial charge on any atom is -0.481 e. The van der Waals surface area contributed by atoms with Crippen molar-refractivity contribution in [1.29, 1.82) is 0 Å². The van der Waals surface area contributed by atoms with E-state index in [-0.39, 0.29) is 17.9 Å². The maximum Gasteiger partial charge on any atom is 0.311 e. The number of nitrogens with zero attached hydrogens (tertiary/aromatic N) is 4. The van der Waals surface area contributed by atoms with Gasteiger partial charge in [-0.3, -0.25) is 9.20 Å². The van der Waals surface area contributed by atoms with Gasteiger partial charge in [0.2, 0.25) is 20.9 Å². The smallest absolute Gasteiger partial charge is 0.311 e. The van der Waals surface area contributed by atoms with Gasteiger partial charge in [0, 0.05) is 48.9 Å². The van der Waals surface area contributed by atoms with Crippen LogP contribution in [0.2, 0.25) is 0 Å². The standard InChI is InChI=1S/C34H35N5O4S2/c40-32(41)30(29-17-9-13-25-11-3-5-15-27(25)29)19-23-38(45(42,43)31-18-10-14-26-12-4-6-16-28(26)31)22-8-2-1-7-20-35-33-37-44-34-36-21-24-39(33)34/h3-6,9-18,21,24,30H,1-2,7-8,19-20,22-23H2,(H,35,37)(H,40,41). The van der Waals surface area contributed by atoms with Gasteiger partial charge in [-0.25, -0.2) is 13.4 Å². The van der Waals surface area contributed by atoms with E-state index in [1.54, 1.807) is 18.3 Å². The molecule has 0 aliphatic heterocycles. The Morgan fingerprint density at radius 3 is 2.36 bits per heavy atom. The van der Waals surface area contributed by atoms with Crippen molar-refractivity contribution in [3.63, 3.8) is 0 Å². The molecule has 232 valence electrons. The summed E-state index contributed by atoms with van der Waals surface area (Å²) in [6, 6.07) is 26.1. The molecule has 0 saturated carbocycles. The second-order valence-corrected chi connectivity index (χ2v) is 13.7. The quantitative estimate of drug-likeness (QED) is 0.116. The van der Waals surface area contributed by atoms with E-state index in [0.29, 0.717) is 23.9 Å². The van der Waals surface area contributed by atoms with Crippen molar-refractivity contribution in [3.8, 4) is 0 Å². The van der Waals surface area contributed by atoms with Crippen molar-refractivity contribution in [2.75, 3.05) is 25.0 Å². The fourth-order valence-corrected chi connectivity index (χ4v) is 8.25. The van der Waals surface area contributed by atoms with Crippen molar-refractivity contribution in [1.82, 2.24) is 18.1 Å². The second kappa shape index (κ2) is 13.8. The fourth-order valence-electron chi connectivity index (χ4n) is 5.88. The maximum atomic E-state index is 14.2. The van der Waals surface area contributed by atoms with E-state index in [9.17, 15) is 18.3 Å². The Balaban J connectivity index is 1.16. The summed E-state index contributed by atoms with van der Waals surface area (Å²) in [4.78, 5) is 17.9. The molecule has 0 radical (unpaired) electrons. The third-order valence-electron chi connectivity index (χ3n) is 8.20. The number of carboxylic acids is 1. The number of aromatic nitrogens is 3. The minimum atomic E-state index is -3.90. The molecule has 1 unspecified atom stereocenters. The summed E-state index contributed by atoms with van der Waals surface area (Å²) in [6.45, 7) is 1.15. The van der Waals surface area contributed by atoms with Crippen LogP contribution >= 0.6 is 11.5 Å². The zero-order chi connectivity index (χ0) is 31.2. The highest BCUT2D eigenvalue weighted by Gasteiger charge is 2.29. The molecule has 45 heavy (non-hydrogen) atoms. The number of carbonyl (C=O) groups is 1. The van der Waals surface area contributed by atoms with Crippen LogP contribution in [0, 0.1) is 0 Å². The summed E-state index contributed by atoms with van der Waals surface area (Å²) < 4.78 is 36.2. The van der Waals surface area contributed by atoms with Crippen LogP contribution in [0.5, 0.6) is 0 Å². The molecule has 0 bridgehead atoms. The monoisotopic (exact) mass is 641 g/mol. The number of nitrogens with one attached hydrogen (secondary N) is 1. The van der Waals surface area contributed by atoms with Crippen LogP contribution in [-0.4, -0.2) is 57.2 Å². The number of imidazole rings is 1. The zero-order valence-electron chi connectivity index (χ0n) is 24.7. The Kier molecular flexibility index (Phi) is 9.39. The van der Waals surface area contributed by atoms with Gasteiger partial charge in [0.25, 0.3) is 0 Å². The number of benzene rings is 4. The van der Waals surface area contributed by atoms with Crippen molar-refractivity contribution >= 4 is 60.0 Å². The summed E-state index contributed by atoms with van der Waals surface area (Å²) >= 11 is 1.34. The van der Waals surface area contributed by atoms with Gasteiger partial charge in [0.1, 0.15) is 0 Å². The Bertz CT molecular complexity index is 2030. The Morgan fingerprint density at radius 1 is 0.867 bits per heavy atom. The predicted molar refractivity (Wildman–Crippen MR) is 179 cm³/mol. The van der Waals surface area contributed by atoms with Crippen molar-refractivity contribution in [3.05, 3.63) is 103 Å². The summed E-state index contributed by atoms with van der Waals surface area (Å²) in [5, 5.41) is 17.0. The van der Waals surface area contributed by atoms with Crippen molar-refractivity contribution in [2.45, 2.75) is 42.9 Å². The van der Waals surface area contributed by atoms with Crippen LogP contribution in [0.15, 0.2) is 102 Å². The lowest BCUT2D eigenvalue weighted by molar-refractivity contribution is -0.139. The van der Waals surface area contributed by atoms with E-state index in [2.05, 4.69) is 14.7 Å². The summed E-state index contributed by atoms with van der Waals surface area (Å²) in [6.07, 6.45) is 7.11. The molecule has 1 atom stereocenters. The number of anilines is 1. The second-order valence-electron chi connectivity index (χ2n) is 11.1. The van der Waals surface area contributed by atoms with E-state index >= 15 is 0 Å². The number of hydrogen-bond donors (Lipinski definition) is 2. The van der Waals surface area contributed by atoms with E-state index < -0.39 is 21.9 Å². The number of aliphatic carboxylic acids is 1. The predicted octanol–water partition coefficient (Wildman–Crippen LogP) is 7.02. The van der Waals surface area contributed by atoms with E-state index in [0.717, 1.165) is 52.9 Å². The number of sulfonamides is 1. The molecule has 4 aromatic carbocycles. The number of rotatable bonds is 15. The zero-order valence-corrected chi connectivity index (χ0v) is 26.4. The van der Waals surface area contributed by atoms with Gasteiger partial charge in [-0.1, -0.05) is 91.7 Å². The number of unbranched alkanes of at least 4 members (excludes halogenated alkanes) is 3. The number of hydrogen-bond acceptors (Lipinski definition) is 7. The van der Waals surface area contributed by atoms with Gasteiger partial charge in [-0.2, -0.15) is 8.68 Å². The molecule has 0 aliphatic carbocycles. The Morgan fingerprint density at radius 2 is 1.56 bits per heavy atom. The third kappa shape index (κ3) is 6.70. The molecule has 0 saturated heterocycles. The van der Waals surface area contributed by atoms with E-state index in [1.807, 2.05) is 83.4 Å². The first kappa shape index (κ1) is 30.7. The van der Waals surface area contributed by atoms with Gasteiger partial charge in [0.05, 0.1) is 10.8 Å². The van der Waals surface area contributed by atoms with Crippen molar-refractivity contribution in [2.24, 2.45) is 0 Å². The van der Waals surface area contributed by atoms with Gasteiger partial charge in [-0.05, 0) is 47.1 Å². The number of fused-ring (bicyclic) bond motifs is 3. The molecule has 2 N–H and O–H groups in total. The molecule has 6 rings (SSSR count). The summed E-state index contributed by atoms with van der Waals surface area (Å²) in [5.41, 5.74) is 0.698. The lowest BCUT2D eigenvalue weighted by Gasteiger charge is -2.25. The average molecular weight is 642 g/mol. The first-order chi connectivity index (χ1) is 21.9. The SMILES string of the molecule is O=C(O)C(CCN(CCCCCCNc1nsc2nccn12)S(=O)(=O)c1cccc2ccccc12)c1cccc2ccccc12. The normalized spacial score (nSPS) is 12.7. The molecule has 0 aliphatic rings. The van der Waals surface area contributed by atoms with E-state index in [4.69, 9.17) is 0 Å². The topological polar surface area (TPSA) is 117 Å². The van der Waals surface area contributed by atoms with Crippen LogP contribution in [0.25, 0.3) is 26.5 Å². The Labute approximate surface area is 266 Å². The van der Waals surface area contributed by atoms with Crippen LogP contribution in [0.1, 0.15) is 43.6 Å². The lowest BCUT2D eigenvalue weighted by Crippen LogP contribution is -2.34. The van der Waals surface area contributed by atoms with Crippen molar-refractivity contribution < 1.29 is 18.3 Å². The average Bonchev–Trinajstić information content (AvgIpc) is 3.68. The highest BCUT2D eigenvalue weighted by Crippen LogP contribution is 2.31. The van der Waals surface area contributed by atoms with Gasteiger partial charge in [-0.15, -0.1) is 0 Å². The molecule has 0 amide bonds.